The zero-order valence-electron chi connectivity index (χ0n) is 15.1. The van der Waals surface area contributed by atoms with Gasteiger partial charge in [0.05, 0.1) is 13.2 Å². The number of rotatable bonds is 6. The third-order valence-electron chi connectivity index (χ3n) is 5.05. The first-order chi connectivity index (χ1) is 12.1. The Morgan fingerprint density at radius 2 is 2.12 bits per heavy atom. The van der Waals surface area contributed by atoms with Crippen LogP contribution in [0.3, 0.4) is 0 Å². The van der Waals surface area contributed by atoms with E-state index in [2.05, 4.69) is 28.9 Å². The van der Waals surface area contributed by atoms with E-state index in [0.29, 0.717) is 19.0 Å². The normalized spacial score (nSPS) is 16.7. The van der Waals surface area contributed by atoms with Crippen LogP contribution in [0, 0.1) is 0 Å². The molecule has 0 aliphatic carbocycles. The second-order valence-corrected chi connectivity index (χ2v) is 6.80. The van der Waals surface area contributed by atoms with Gasteiger partial charge in [-0.25, -0.2) is 0 Å². The van der Waals surface area contributed by atoms with E-state index in [1.165, 1.54) is 5.39 Å². The summed E-state index contributed by atoms with van der Waals surface area (Å²) in [6.07, 6.45) is 5.15. The van der Waals surface area contributed by atoms with E-state index in [-0.39, 0.29) is 5.91 Å². The number of hydrogen-bond acceptors (Lipinski definition) is 4. The van der Waals surface area contributed by atoms with Gasteiger partial charge in [0.2, 0.25) is 5.91 Å². The molecule has 1 amide bonds. The van der Waals surface area contributed by atoms with E-state index < -0.39 is 0 Å². The number of fused-ring (bicyclic) bond motifs is 1. The third-order valence-corrected chi connectivity index (χ3v) is 5.05. The lowest BCUT2D eigenvalue weighted by Gasteiger charge is -2.32. The minimum absolute atomic E-state index is 0.200. The van der Waals surface area contributed by atoms with Gasteiger partial charge in [0, 0.05) is 56.9 Å². The summed E-state index contributed by atoms with van der Waals surface area (Å²) in [5.74, 6) is 0.200. The van der Waals surface area contributed by atoms with Crippen LogP contribution in [-0.2, 0) is 16.1 Å². The molecule has 1 aliphatic heterocycles. The van der Waals surface area contributed by atoms with Gasteiger partial charge in [0.1, 0.15) is 0 Å². The molecule has 2 heterocycles. The van der Waals surface area contributed by atoms with Crippen LogP contribution in [0.25, 0.3) is 10.8 Å². The molecule has 0 spiro atoms. The molecule has 0 radical (unpaired) electrons. The quantitative estimate of drug-likeness (QED) is 0.810. The zero-order chi connectivity index (χ0) is 17.6. The van der Waals surface area contributed by atoms with Crippen molar-refractivity contribution in [3.05, 3.63) is 42.2 Å². The van der Waals surface area contributed by atoms with Gasteiger partial charge in [-0.1, -0.05) is 18.2 Å². The summed E-state index contributed by atoms with van der Waals surface area (Å²) in [6.45, 7) is 6.37. The predicted molar refractivity (Wildman–Crippen MR) is 99.3 cm³/mol. The van der Waals surface area contributed by atoms with Crippen LogP contribution in [0.1, 0.15) is 25.3 Å². The average molecular weight is 341 g/mol. The van der Waals surface area contributed by atoms with Gasteiger partial charge in [0.15, 0.2) is 0 Å². The first kappa shape index (κ1) is 17.8. The predicted octanol–water partition coefficient (Wildman–Crippen LogP) is 2.69. The molecule has 0 N–H and O–H groups in total. The highest BCUT2D eigenvalue weighted by Crippen LogP contribution is 2.19. The van der Waals surface area contributed by atoms with Crippen molar-refractivity contribution in [2.24, 2.45) is 0 Å². The lowest BCUT2D eigenvalue weighted by Crippen LogP contribution is -2.42. The Morgan fingerprint density at radius 1 is 1.32 bits per heavy atom. The van der Waals surface area contributed by atoms with Crippen molar-refractivity contribution < 1.29 is 9.53 Å². The minimum Gasteiger partial charge on any atom is -0.379 e. The van der Waals surface area contributed by atoms with Crippen LogP contribution in [0.15, 0.2) is 36.7 Å². The van der Waals surface area contributed by atoms with Gasteiger partial charge in [-0.2, -0.15) is 0 Å². The molecule has 1 aromatic heterocycles. The Bertz CT molecular complexity index is 708. The van der Waals surface area contributed by atoms with Crippen LogP contribution in [0.5, 0.6) is 0 Å². The van der Waals surface area contributed by atoms with Gasteiger partial charge in [-0.15, -0.1) is 0 Å². The zero-order valence-corrected chi connectivity index (χ0v) is 15.1. The lowest BCUT2D eigenvalue weighted by atomic mass is 10.1. The number of amides is 1. The molecule has 1 atom stereocenters. The number of pyridine rings is 1. The van der Waals surface area contributed by atoms with E-state index in [1.807, 2.05) is 30.3 Å². The molecule has 134 valence electrons. The number of hydrogen-bond donors (Lipinski definition) is 0. The largest absolute Gasteiger partial charge is 0.379 e. The molecule has 0 saturated carbocycles. The Morgan fingerprint density at radius 3 is 2.92 bits per heavy atom. The molecule has 1 aromatic carbocycles. The topological polar surface area (TPSA) is 45.7 Å². The second kappa shape index (κ2) is 8.41. The lowest BCUT2D eigenvalue weighted by molar-refractivity contribution is -0.130. The molecule has 1 saturated heterocycles. The van der Waals surface area contributed by atoms with Crippen molar-refractivity contribution in [1.82, 2.24) is 14.8 Å². The number of nitrogens with zero attached hydrogens (tertiary/aromatic N) is 3. The molecule has 1 unspecified atom stereocenters. The van der Waals surface area contributed by atoms with Gasteiger partial charge in [-0.3, -0.25) is 14.7 Å². The van der Waals surface area contributed by atoms with Crippen molar-refractivity contribution in [2.75, 3.05) is 33.4 Å². The van der Waals surface area contributed by atoms with Gasteiger partial charge < -0.3 is 9.64 Å². The highest BCUT2D eigenvalue weighted by atomic mass is 16.5. The van der Waals surface area contributed by atoms with Crippen LogP contribution in [-0.4, -0.2) is 60.1 Å². The Labute approximate surface area is 149 Å². The number of benzene rings is 1. The van der Waals surface area contributed by atoms with Gasteiger partial charge in [-0.05, 0) is 30.4 Å². The fourth-order valence-corrected chi connectivity index (χ4v) is 3.40. The van der Waals surface area contributed by atoms with Crippen LogP contribution >= 0.6 is 0 Å². The molecule has 5 nitrogen and oxygen atoms in total. The standard InChI is InChI=1S/C20H27N3O2/c1-16(23-10-12-25-13-11-23)6-7-20(24)22(2)15-18-5-3-4-17-14-21-9-8-19(17)18/h3-5,8-9,14,16H,6-7,10-13,15H2,1-2H3. The number of carbonyl (C=O) groups is 1. The molecule has 1 fully saturated rings. The van der Waals surface area contributed by atoms with Crippen molar-refractivity contribution in [3.8, 4) is 0 Å². The van der Waals surface area contributed by atoms with E-state index in [9.17, 15) is 4.79 Å². The highest BCUT2D eigenvalue weighted by molar-refractivity contribution is 5.85. The SMILES string of the molecule is CC(CCC(=O)N(C)Cc1cccc2cnccc12)N1CCOCC1. The van der Waals surface area contributed by atoms with Crippen molar-refractivity contribution in [3.63, 3.8) is 0 Å². The maximum Gasteiger partial charge on any atom is 0.222 e. The number of aromatic nitrogens is 1. The second-order valence-electron chi connectivity index (χ2n) is 6.80. The molecule has 2 aromatic rings. The molecular weight excluding hydrogens is 314 g/mol. The van der Waals surface area contributed by atoms with E-state index in [4.69, 9.17) is 4.74 Å². The summed E-state index contributed by atoms with van der Waals surface area (Å²) in [6, 6.07) is 8.60. The van der Waals surface area contributed by atoms with Crippen LogP contribution in [0.2, 0.25) is 0 Å². The first-order valence-electron chi connectivity index (χ1n) is 9.02. The fraction of sp³-hybridized carbons (Fsp3) is 0.500. The summed E-state index contributed by atoms with van der Waals surface area (Å²) in [7, 11) is 1.89. The van der Waals surface area contributed by atoms with Crippen molar-refractivity contribution >= 4 is 16.7 Å². The first-order valence-corrected chi connectivity index (χ1v) is 9.02. The number of ether oxygens (including phenoxy) is 1. The minimum atomic E-state index is 0.200. The maximum absolute atomic E-state index is 12.5. The molecule has 1 aliphatic rings. The van der Waals surface area contributed by atoms with Gasteiger partial charge >= 0.3 is 0 Å². The third kappa shape index (κ3) is 4.55. The Kier molecular flexibility index (Phi) is 6.00. The van der Waals surface area contributed by atoms with Crippen molar-refractivity contribution in [2.45, 2.75) is 32.4 Å². The summed E-state index contributed by atoms with van der Waals surface area (Å²) in [5, 5.41) is 2.28. The average Bonchev–Trinajstić information content (AvgIpc) is 2.66. The van der Waals surface area contributed by atoms with Gasteiger partial charge in [0.25, 0.3) is 0 Å². The molecule has 3 rings (SSSR count). The fourth-order valence-electron chi connectivity index (χ4n) is 3.40. The number of morpholine rings is 1. The molecular formula is C20H27N3O2. The monoisotopic (exact) mass is 341 g/mol. The molecule has 0 bridgehead atoms. The van der Waals surface area contributed by atoms with E-state index >= 15 is 0 Å². The molecule has 5 heteroatoms. The maximum atomic E-state index is 12.5. The Hall–Kier alpha value is -1.98. The summed E-state index contributed by atoms with van der Waals surface area (Å²) in [4.78, 5) is 21.0. The highest BCUT2D eigenvalue weighted by Gasteiger charge is 2.19. The summed E-state index contributed by atoms with van der Waals surface area (Å²) < 4.78 is 5.39. The molecule has 25 heavy (non-hydrogen) atoms. The summed E-state index contributed by atoms with van der Waals surface area (Å²) >= 11 is 0. The van der Waals surface area contributed by atoms with E-state index in [0.717, 1.165) is 43.7 Å². The van der Waals surface area contributed by atoms with Crippen LogP contribution in [0.4, 0.5) is 0 Å². The Balaban J connectivity index is 1.55. The van der Waals surface area contributed by atoms with Crippen molar-refractivity contribution in [1.29, 1.82) is 0 Å². The van der Waals surface area contributed by atoms with E-state index in [1.54, 1.807) is 6.20 Å². The smallest absolute Gasteiger partial charge is 0.222 e. The van der Waals surface area contributed by atoms with Crippen LogP contribution < -0.4 is 0 Å². The number of carbonyl (C=O) groups excluding carboxylic acids is 1. The summed E-state index contributed by atoms with van der Waals surface area (Å²) in [5.41, 5.74) is 1.16.